The standard InChI is InChI=1S/C30H39N3O3S/c1-5-6-7-13-22-18-26(34)23(17-16-21(4)12-10-11-20(2)3)29(36)30(22)37-33-28(35)19-27-31-24-14-8-9-15-25(24)32-27/h8-9,11,14-16,18,34,36H,5-7,10,12-13,17,19H2,1-4H3,(H,31,32)(H,33,35)/b21-16+. The zero-order valence-corrected chi connectivity index (χ0v) is 23.2. The number of aromatic hydroxyl groups is 2. The van der Waals surface area contributed by atoms with Crippen LogP contribution in [0.3, 0.4) is 0 Å². The minimum absolute atomic E-state index is 0.0360. The number of benzene rings is 2. The summed E-state index contributed by atoms with van der Waals surface area (Å²) in [6.45, 7) is 8.38. The Morgan fingerprint density at radius 3 is 2.65 bits per heavy atom. The molecular weight excluding hydrogens is 482 g/mol. The number of nitrogens with zero attached hydrogens (tertiary/aromatic N) is 1. The first kappa shape index (κ1) is 28.4. The number of nitrogens with one attached hydrogen (secondary N) is 2. The Labute approximate surface area is 224 Å². The molecule has 0 spiro atoms. The Bertz CT molecular complexity index is 1240. The molecule has 1 heterocycles. The van der Waals surface area contributed by atoms with Crippen molar-refractivity contribution in [3.63, 3.8) is 0 Å². The van der Waals surface area contributed by atoms with Crippen molar-refractivity contribution in [2.24, 2.45) is 0 Å². The maximum atomic E-state index is 12.7. The van der Waals surface area contributed by atoms with Crippen LogP contribution < -0.4 is 4.72 Å². The van der Waals surface area contributed by atoms with Gasteiger partial charge in [0.1, 0.15) is 17.3 Å². The number of carbonyl (C=O) groups excluding carboxylic acids is 1. The first-order valence-electron chi connectivity index (χ1n) is 13.0. The second kappa shape index (κ2) is 13.9. The van der Waals surface area contributed by atoms with Crippen molar-refractivity contribution in [3.05, 3.63) is 70.6 Å². The molecule has 0 saturated carbocycles. The van der Waals surface area contributed by atoms with Gasteiger partial charge in [0.2, 0.25) is 5.91 Å². The summed E-state index contributed by atoms with van der Waals surface area (Å²) in [5.74, 6) is 0.503. The zero-order valence-electron chi connectivity index (χ0n) is 22.4. The lowest BCUT2D eigenvalue weighted by Crippen LogP contribution is -2.19. The fraction of sp³-hybridized carbons (Fsp3) is 0.400. The highest BCUT2D eigenvalue weighted by atomic mass is 32.2. The van der Waals surface area contributed by atoms with E-state index in [0.29, 0.717) is 29.1 Å². The second-order valence-corrected chi connectivity index (χ2v) is 10.6. The molecule has 7 heteroatoms. The highest BCUT2D eigenvalue weighted by molar-refractivity contribution is 7.98. The van der Waals surface area contributed by atoms with Gasteiger partial charge < -0.3 is 15.2 Å². The minimum atomic E-state index is -0.215. The third kappa shape index (κ3) is 8.42. The lowest BCUT2D eigenvalue weighted by Gasteiger charge is -2.16. The Balaban J connectivity index is 1.75. The molecule has 0 atom stereocenters. The van der Waals surface area contributed by atoms with Gasteiger partial charge in [-0.05, 0) is 88.6 Å². The molecule has 4 N–H and O–H groups in total. The molecule has 37 heavy (non-hydrogen) atoms. The fourth-order valence-corrected chi connectivity index (χ4v) is 4.95. The summed E-state index contributed by atoms with van der Waals surface area (Å²) in [5.41, 5.74) is 5.53. The summed E-state index contributed by atoms with van der Waals surface area (Å²) in [6.07, 6.45) is 10.5. The highest BCUT2D eigenvalue weighted by Crippen LogP contribution is 2.40. The predicted molar refractivity (Wildman–Crippen MR) is 153 cm³/mol. The molecule has 3 rings (SSSR count). The number of aryl methyl sites for hydroxylation is 1. The number of carbonyl (C=O) groups is 1. The van der Waals surface area contributed by atoms with Crippen molar-refractivity contribution in [2.45, 2.75) is 84.0 Å². The van der Waals surface area contributed by atoms with Gasteiger partial charge in [-0.15, -0.1) is 0 Å². The molecule has 0 fully saturated rings. The lowest BCUT2D eigenvalue weighted by molar-refractivity contribution is -0.118. The van der Waals surface area contributed by atoms with E-state index in [-0.39, 0.29) is 23.8 Å². The fourth-order valence-electron chi connectivity index (χ4n) is 4.15. The number of H-pyrrole nitrogens is 1. The molecule has 1 amide bonds. The molecule has 0 aliphatic carbocycles. The predicted octanol–water partition coefficient (Wildman–Crippen LogP) is 7.31. The van der Waals surface area contributed by atoms with Crippen LogP contribution in [0.25, 0.3) is 11.0 Å². The van der Waals surface area contributed by atoms with E-state index in [1.807, 2.05) is 24.3 Å². The van der Waals surface area contributed by atoms with Gasteiger partial charge in [0.05, 0.1) is 22.3 Å². The molecule has 0 radical (unpaired) electrons. The number of rotatable bonds is 13. The van der Waals surface area contributed by atoms with E-state index in [0.717, 1.165) is 60.6 Å². The Morgan fingerprint density at radius 1 is 1.14 bits per heavy atom. The van der Waals surface area contributed by atoms with E-state index in [1.54, 1.807) is 6.07 Å². The number of phenols is 2. The Hall–Kier alpha value is -3.19. The summed E-state index contributed by atoms with van der Waals surface area (Å²) in [7, 11) is 0. The van der Waals surface area contributed by atoms with Crippen LogP contribution in [0.4, 0.5) is 0 Å². The first-order valence-corrected chi connectivity index (χ1v) is 13.8. The van der Waals surface area contributed by atoms with E-state index in [4.69, 9.17) is 0 Å². The third-order valence-electron chi connectivity index (χ3n) is 6.24. The molecule has 6 nitrogen and oxygen atoms in total. The number of hydrogen-bond donors (Lipinski definition) is 4. The molecule has 0 aliphatic heterocycles. The van der Waals surface area contributed by atoms with E-state index in [9.17, 15) is 15.0 Å². The van der Waals surface area contributed by atoms with Gasteiger partial charge in [0.25, 0.3) is 0 Å². The van der Waals surface area contributed by atoms with Crippen molar-refractivity contribution in [3.8, 4) is 11.5 Å². The van der Waals surface area contributed by atoms with Gasteiger partial charge in [-0.25, -0.2) is 4.98 Å². The van der Waals surface area contributed by atoms with Crippen molar-refractivity contribution in [1.29, 1.82) is 0 Å². The van der Waals surface area contributed by atoms with Gasteiger partial charge in [-0.2, -0.15) is 0 Å². The van der Waals surface area contributed by atoms with Gasteiger partial charge in [0.15, 0.2) is 0 Å². The molecule has 0 aliphatic rings. The number of aromatic nitrogens is 2. The molecule has 2 aromatic carbocycles. The minimum Gasteiger partial charge on any atom is -0.508 e. The van der Waals surface area contributed by atoms with Crippen LogP contribution in [-0.4, -0.2) is 26.1 Å². The largest absolute Gasteiger partial charge is 0.508 e. The molecule has 0 unspecified atom stereocenters. The average Bonchev–Trinajstić information content (AvgIpc) is 3.25. The summed E-state index contributed by atoms with van der Waals surface area (Å²) in [4.78, 5) is 21.0. The molecular formula is C30H39N3O3S. The maximum absolute atomic E-state index is 12.7. The average molecular weight is 522 g/mol. The number of imidazole rings is 1. The monoisotopic (exact) mass is 521 g/mol. The normalized spacial score (nSPS) is 11.6. The molecule has 0 bridgehead atoms. The van der Waals surface area contributed by atoms with Crippen LogP contribution in [0.15, 0.2) is 58.5 Å². The Kier molecular flexibility index (Phi) is 10.7. The van der Waals surface area contributed by atoms with Crippen molar-refractivity contribution in [1.82, 2.24) is 14.7 Å². The van der Waals surface area contributed by atoms with Crippen molar-refractivity contribution in [2.75, 3.05) is 0 Å². The third-order valence-corrected chi connectivity index (χ3v) is 7.23. The second-order valence-electron chi connectivity index (χ2n) is 9.75. The quantitative estimate of drug-likeness (QED) is 0.107. The smallest absolute Gasteiger partial charge is 0.237 e. The van der Waals surface area contributed by atoms with Crippen LogP contribution in [0.1, 0.15) is 76.8 Å². The summed E-state index contributed by atoms with van der Waals surface area (Å²) < 4.78 is 2.87. The van der Waals surface area contributed by atoms with Gasteiger partial charge >= 0.3 is 0 Å². The molecule has 3 aromatic rings. The summed E-state index contributed by atoms with van der Waals surface area (Å²) >= 11 is 1.11. The van der Waals surface area contributed by atoms with Gasteiger partial charge in [-0.1, -0.05) is 55.2 Å². The number of aromatic amines is 1. The Morgan fingerprint density at radius 2 is 1.92 bits per heavy atom. The number of phenolic OH excluding ortho intramolecular Hbond substituents is 2. The number of allylic oxidation sites excluding steroid dienone is 4. The van der Waals surface area contributed by atoms with E-state index < -0.39 is 0 Å². The van der Waals surface area contributed by atoms with Crippen LogP contribution in [-0.2, 0) is 24.1 Å². The number of para-hydroxylation sites is 2. The van der Waals surface area contributed by atoms with Crippen molar-refractivity contribution < 1.29 is 15.0 Å². The van der Waals surface area contributed by atoms with Crippen LogP contribution in [0, 0.1) is 0 Å². The van der Waals surface area contributed by atoms with E-state index >= 15 is 0 Å². The number of unbranched alkanes of at least 4 members (excludes halogenated alkanes) is 2. The van der Waals surface area contributed by atoms with E-state index in [1.165, 1.54) is 11.1 Å². The molecule has 1 aromatic heterocycles. The van der Waals surface area contributed by atoms with E-state index in [2.05, 4.69) is 54.5 Å². The van der Waals surface area contributed by atoms with Crippen molar-refractivity contribution >= 4 is 28.9 Å². The van der Waals surface area contributed by atoms with Crippen LogP contribution in [0.2, 0.25) is 0 Å². The van der Waals surface area contributed by atoms with Crippen LogP contribution in [0.5, 0.6) is 11.5 Å². The number of amides is 1. The summed E-state index contributed by atoms with van der Waals surface area (Å²) in [6, 6.07) is 9.40. The SMILES string of the molecule is CCCCCc1cc(O)c(C/C=C(\C)CCC=C(C)C)c(O)c1SNC(=O)Cc1nc2ccccc2[nH]1. The first-order chi connectivity index (χ1) is 17.8. The van der Waals surface area contributed by atoms with Gasteiger partial charge in [0, 0.05) is 5.56 Å². The number of fused-ring (bicyclic) bond motifs is 1. The maximum Gasteiger partial charge on any atom is 0.237 e. The lowest BCUT2D eigenvalue weighted by atomic mass is 10.00. The molecule has 0 saturated heterocycles. The van der Waals surface area contributed by atoms with Gasteiger partial charge in [-0.3, -0.25) is 9.52 Å². The summed E-state index contributed by atoms with van der Waals surface area (Å²) in [5, 5.41) is 21.9. The highest BCUT2D eigenvalue weighted by Gasteiger charge is 2.19. The topological polar surface area (TPSA) is 98.2 Å². The number of hydrogen-bond acceptors (Lipinski definition) is 5. The molecule has 198 valence electrons. The zero-order chi connectivity index (χ0) is 26.8. The van der Waals surface area contributed by atoms with Crippen LogP contribution >= 0.6 is 11.9 Å².